The largest absolute Gasteiger partial charge is 0.394 e. The molecule has 3 nitrogen and oxygen atoms in total. The fourth-order valence-electron chi connectivity index (χ4n) is 0. The molecule has 0 aromatic heterocycles. The summed E-state index contributed by atoms with van der Waals surface area (Å²) in [5, 5.41) is 15.2. The van der Waals surface area contributed by atoms with Crippen LogP contribution in [0.5, 0.6) is 0 Å². The van der Waals surface area contributed by atoms with Gasteiger partial charge in [-0.05, 0) is 6.92 Å². The molecule has 0 amide bonds. The Labute approximate surface area is 63.0 Å². The van der Waals surface area contributed by atoms with Gasteiger partial charge >= 0.3 is 0 Å². The van der Waals surface area contributed by atoms with E-state index < -0.39 is 0 Å². The van der Waals surface area contributed by atoms with Gasteiger partial charge in [0.2, 0.25) is 0 Å². The summed E-state index contributed by atoms with van der Waals surface area (Å²) < 4.78 is 4.25. The van der Waals surface area contributed by atoms with Crippen LogP contribution in [0.3, 0.4) is 0 Å². The van der Waals surface area contributed by atoms with E-state index in [1.54, 1.807) is 20.3 Å². The van der Waals surface area contributed by atoms with Crippen LogP contribution in [0, 0.1) is 0 Å². The summed E-state index contributed by atoms with van der Waals surface area (Å²) in [5.74, 6) is 0. The van der Waals surface area contributed by atoms with Crippen LogP contribution >= 0.6 is 0 Å². The van der Waals surface area contributed by atoms with E-state index in [0.717, 1.165) is 0 Å². The van der Waals surface area contributed by atoms with Gasteiger partial charge in [0.1, 0.15) is 0 Å². The normalized spacial score (nSPS) is 6.10. The first kappa shape index (κ1) is 16.3. The number of hydrogen-bond acceptors (Lipinski definition) is 3. The van der Waals surface area contributed by atoms with E-state index in [4.69, 9.17) is 10.2 Å². The Morgan fingerprint density at radius 3 is 1.40 bits per heavy atom. The molecule has 3 heteroatoms. The van der Waals surface area contributed by atoms with Crippen molar-refractivity contribution in [1.29, 1.82) is 0 Å². The van der Waals surface area contributed by atoms with Crippen LogP contribution in [-0.2, 0) is 4.74 Å². The number of aliphatic hydroxyl groups excluding tert-OH is 2. The van der Waals surface area contributed by atoms with Gasteiger partial charge in [-0.1, -0.05) is 6.08 Å². The minimum Gasteiger partial charge on any atom is -0.394 e. The molecule has 2 N–H and O–H groups in total. The number of ether oxygens (including phenoxy) is 1. The van der Waals surface area contributed by atoms with Crippen LogP contribution in [0.15, 0.2) is 12.7 Å². The van der Waals surface area contributed by atoms with Crippen molar-refractivity contribution < 1.29 is 14.9 Å². The highest BCUT2D eigenvalue weighted by molar-refractivity contribution is 4.51. The van der Waals surface area contributed by atoms with E-state index in [1.165, 1.54) is 0 Å². The zero-order valence-electron chi connectivity index (χ0n) is 7.00. The third-order valence-corrected chi connectivity index (χ3v) is 0.1000. The Balaban J connectivity index is -0.0000000750. The average Bonchev–Trinajstić information content (AvgIpc) is 1.91. The first-order chi connectivity index (χ1) is 4.74. The van der Waals surface area contributed by atoms with Crippen LogP contribution in [0.1, 0.15) is 6.92 Å². The SMILES string of the molecule is C=CC.COC.OCCO. The Kier molecular flexibility index (Phi) is 62.3. The molecule has 0 aromatic carbocycles. The average molecular weight is 150 g/mol. The van der Waals surface area contributed by atoms with Gasteiger partial charge in [-0.25, -0.2) is 0 Å². The van der Waals surface area contributed by atoms with E-state index >= 15 is 0 Å². The highest BCUT2D eigenvalue weighted by atomic mass is 16.4. The smallest absolute Gasteiger partial charge is 0.0662 e. The summed E-state index contributed by atoms with van der Waals surface area (Å²) in [5.41, 5.74) is 0. The standard InChI is InChI=1S/C3H6.C2H6O2.C2H6O/c1-3-2;3-1-2-4;1-3-2/h3H,1H2,2H3;3-4H,1-2H2;1-2H3. The van der Waals surface area contributed by atoms with Crippen LogP contribution in [0.4, 0.5) is 0 Å². The summed E-state index contributed by atoms with van der Waals surface area (Å²) in [4.78, 5) is 0. The molecule has 0 atom stereocenters. The van der Waals surface area contributed by atoms with Gasteiger partial charge in [0.05, 0.1) is 13.2 Å². The Morgan fingerprint density at radius 2 is 1.40 bits per heavy atom. The molecule has 0 aliphatic carbocycles. The van der Waals surface area contributed by atoms with Gasteiger partial charge < -0.3 is 14.9 Å². The molecule has 0 aliphatic rings. The molecule has 0 saturated carbocycles. The highest BCUT2D eigenvalue weighted by Gasteiger charge is 1.58. The fourth-order valence-corrected chi connectivity index (χ4v) is 0. The summed E-state index contributed by atoms with van der Waals surface area (Å²) >= 11 is 0. The molecule has 0 aromatic rings. The Hall–Kier alpha value is -0.380. The second-order valence-corrected chi connectivity index (χ2v) is 1.26. The summed E-state index contributed by atoms with van der Waals surface area (Å²) in [6.45, 7) is 5.00. The zero-order valence-corrected chi connectivity index (χ0v) is 7.00. The molecule has 0 bridgehead atoms. The Bertz CT molecular complexity index is 35.8. The predicted octanol–water partition coefficient (Wildman–Crippen LogP) is 0.426. The van der Waals surface area contributed by atoms with Crippen molar-refractivity contribution >= 4 is 0 Å². The lowest BCUT2D eigenvalue weighted by molar-refractivity contribution is 0.186. The molecule has 0 fully saturated rings. The van der Waals surface area contributed by atoms with E-state index in [1.807, 2.05) is 6.92 Å². The minimum absolute atomic E-state index is 0.125. The van der Waals surface area contributed by atoms with E-state index in [2.05, 4.69) is 11.3 Å². The summed E-state index contributed by atoms with van der Waals surface area (Å²) in [6.07, 6.45) is 1.75. The van der Waals surface area contributed by atoms with Crippen LogP contribution in [0.2, 0.25) is 0 Å². The quantitative estimate of drug-likeness (QED) is 0.533. The third-order valence-electron chi connectivity index (χ3n) is 0.1000. The summed E-state index contributed by atoms with van der Waals surface area (Å²) in [7, 11) is 3.25. The fraction of sp³-hybridized carbons (Fsp3) is 0.714. The van der Waals surface area contributed by atoms with Gasteiger partial charge in [0, 0.05) is 14.2 Å². The number of methoxy groups -OCH3 is 1. The molecule has 10 heavy (non-hydrogen) atoms. The van der Waals surface area contributed by atoms with Crippen molar-refractivity contribution in [2.24, 2.45) is 0 Å². The number of rotatable bonds is 1. The molecule has 0 heterocycles. The lowest BCUT2D eigenvalue weighted by atomic mass is 10.8. The van der Waals surface area contributed by atoms with Crippen molar-refractivity contribution in [3.05, 3.63) is 12.7 Å². The van der Waals surface area contributed by atoms with Crippen LogP contribution in [-0.4, -0.2) is 37.6 Å². The van der Waals surface area contributed by atoms with Crippen molar-refractivity contribution in [3.63, 3.8) is 0 Å². The molecule has 0 radical (unpaired) electrons. The highest BCUT2D eigenvalue weighted by Crippen LogP contribution is 1.39. The van der Waals surface area contributed by atoms with E-state index in [-0.39, 0.29) is 13.2 Å². The molecule has 0 spiro atoms. The van der Waals surface area contributed by atoms with Gasteiger partial charge in [-0.2, -0.15) is 0 Å². The maximum atomic E-state index is 7.62. The van der Waals surface area contributed by atoms with Crippen molar-refractivity contribution in [1.82, 2.24) is 0 Å². The minimum atomic E-state index is -0.125. The van der Waals surface area contributed by atoms with Gasteiger partial charge in [0.15, 0.2) is 0 Å². The maximum Gasteiger partial charge on any atom is 0.0662 e. The molecule has 0 unspecified atom stereocenters. The van der Waals surface area contributed by atoms with Crippen LogP contribution < -0.4 is 0 Å². The molecular weight excluding hydrogens is 132 g/mol. The Morgan fingerprint density at radius 1 is 1.30 bits per heavy atom. The third kappa shape index (κ3) is 869. The van der Waals surface area contributed by atoms with Crippen molar-refractivity contribution in [2.75, 3.05) is 27.4 Å². The first-order valence-electron chi connectivity index (χ1n) is 2.93. The second-order valence-electron chi connectivity index (χ2n) is 1.26. The van der Waals surface area contributed by atoms with Crippen LogP contribution in [0.25, 0.3) is 0 Å². The first-order valence-corrected chi connectivity index (χ1v) is 2.93. The number of allylic oxidation sites excluding steroid dienone is 1. The molecule has 64 valence electrons. The summed E-state index contributed by atoms with van der Waals surface area (Å²) in [6, 6.07) is 0. The van der Waals surface area contributed by atoms with E-state index in [0.29, 0.717) is 0 Å². The van der Waals surface area contributed by atoms with Gasteiger partial charge in [-0.15, -0.1) is 6.58 Å². The van der Waals surface area contributed by atoms with E-state index in [9.17, 15) is 0 Å². The monoisotopic (exact) mass is 150 g/mol. The lowest BCUT2D eigenvalue weighted by Gasteiger charge is -1.70. The van der Waals surface area contributed by atoms with Gasteiger partial charge in [-0.3, -0.25) is 0 Å². The maximum absolute atomic E-state index is 7.62. The second kappa shape index (κ2) is 38.2. The molecular formula is C7H18O3. The lowest BCUT2D eigenvalue weighted by Crippen LogP contribution is -1.85. The van der Waals surface area contributed by atoms with Crippen molar-refractivity contribution in [3.8, 4) is 0 Å². The predicted molar refractivity (Wildman–Crippen MR) is 43.0 cm³/mol. The topological polar surface area (TPSA) is 49.7 Å². The van der Waals surface area contributed by atoms with Crippen molar-refractivity contribution in [2.45, 2.75) is 6.92 Å². The van der Waals surface area contributed by atoms with Gasteiger partial charge in [0.25, 0.3) is 0 Å². The number of hydrogen-bond donors (Lipinski definition) is 2. The molecule has 0 rings (SSSR count). The molecule has 0 aliphatic heterocycles. The molecule has 0 saturated heterocycles. The number of aliphatic hydroxyl groups is 2. The zero-order chi connectivity index (χ0) is 8.83.